The molecular weight excluding hydrogens is 204 g/mol. The van der Waals surface area contributed by atoms with E-state index in [9.17, 15) is 4.79 Å². The number of aromatic amines is 1. The molecule has 16 heavy (non-hydrogen) atoms. The van der Waals surface area contributed by atoms with Crippen molar-refractivity contribution in [3.63, 3.8) is 0 Å². The number of likely N-dealkylation sites (N-methyl/N-ethyl adjacent to an activating group) is 2. The topological polar surface area (TPSA) is 52.2 Å². The Balaban J connectivity index is 2.62. The van der Waals surface area contributed by atoms with E-state index in [-0.39, 0.29) is 11.9 Å². The van der Waals surface area contributed by atoms with E-state index in [0.29, 0.717) is 6.54 Å². The third kappa shape index (κ3) is 2.82. The second kappa shape index (κ2) is 5.12. The minimum absolute atomic E-state index is 0.107. The molecule has 0 spiro atoms. The highest BCUT2D eigenvalue weighted by molar-refractivity contribution is 5.80. The molecule has 1 amide bonds. The zero-order valence-electron chi connectivity index (χ0n) is 10.6. The van der Waals surface area contributed by atoms with Crippen molar-refractivity contribution in [1.82, 2.24) is 19.8 Å². The number of nitrogens with one attached hydrogen (secondary N) is 1. The molecule has 0 aliphatic rings. The quantitative estimate of drug-likeness (QED) is 0.816. The Labute approximate surface area is 96.5 Å². The lowest BCUT2D eigenvalue weighted by Crippen LogP contribution is -2.42. The van der Waals surface area contributed by atoms with E-state index < -0.39 is 0 Å². The van der Waals surface area contributed by atoms with Crippen LogP contribution in [-0.2, 0) is 11.3 Å². The molecule has 1 aromatic heterocycles. The Hall–Kier alpha value is -1.36. The Kier molecular flexibility index (Phi) is 4.06. The smallest absolute Gasteiger partial charge is 0.239 e. The fourth-order valence-electron chi connectivity index (χ4n) is 1.48. The van der Waals surface area contributed by atoms with E-state index in [0.717, 1.165) is 11.4 Å². The third-order valence-electron chi connectivity index (χ3n) is 2.79. The van der Waals surface area contributed by atoms with Gasteiger partial charge in [0.05, 0.1) is 18.1 Å². The number of hydrogen-bond acceptors (Lipinski definition) is 3. The number of aryl methyl sites for hydroxylation is 1. The molecule has 0 aliphatic heterocycles. The van der Waals surface area contributed by atoms with Gasteiger partial charge in [0.1, 0.15) is 0 Å². The highest BCUT2D eigenvalue weighted by Crippen LogP contribution is 2.08. The molecule has 0 radical (unpaired) electrons. The Morgan fingerprint density at radius 1 is 1.50 bits per heavy atom. The summed E-state index contributed by atoms with van der Waals surface area (Å²) in [5, 5.41) is 0. The summed E-state index contributed by atoms with van der Waals surface area (Å²) >= 11 is 0. The molecular formula is C11H20N4O. The molecule has 0 aliphatic carbocycles. The van der Waals surface area contributed by atoms with Gasteiger partial charge in [0, 0.05) is 26.3 Å². The van der Waals surface area contributed by atoms with E-state index in [1.807, 2.05) is 25.8 Å². The van der Waals surface area contributed by atoms with E-state index in [4.69, 9.17) is 0 Å². The molecule has 0 saturated heterocycles. The molecule has 0 unspecified atom stereocenters. The lowest BCUT2D eigenvalue weighted by Gasteiger charge is -2.25. The molecule has 1 rings (SSSR count). The summed E-state index contributed by atoms with van der Waals surface area (Å²) < 4.78 is 0. The fourth-order valence-corrected chi connectivity index (χ4v) is 1.48. The molecule has 0 bridgehead atoms. The maximum Gasteiger partial charge on any atom is 0.239 e. The first-order chi connectivity index (χ1) is 7.43. The summed E-state index contributed by atoms with van der Waals surface area (Å²) in [6.45, 7) is 4.56. The average Bonchev–Trinajstić information content (AvgIpc) is 2.62. The summed E-state index contributed by atoms with van der Waals surface area (Å²) in [7, 11) is 5.47. The molecule has 0 saturated carbocycles. The maximum absolute atomic E-state index is 11.8. The molecule has 90 valence electrons. The van der Waals surface area contributed by atoms with Gasteiger partial charge in [0.15, 0.2) is 0 Å². The number of aromatic nitrogens is 2. The monoisotopic (exact) mass is 224 g/mol. The lowest BCUT2D eigenvalue weighted by atomic mass is 10.2. The maximum atomic E-state index is 11.8. The van der Waals surface area contributed by atoms with Gasteiger partial charge >= 0.3 is 0 Å². The van der Waals surface area contributed by atoms with Crippen molar-refractivity contribution < 1.29 is 4.79 Å². The van der Waals surface area contributed by atoms with Crippen LogP contribution in [0.15, 0.2) is 6.33 Å². The summed E-state index contributed by atoms with van der Waals surface area (Å²) in [5.74, 6) is 0.107. The van der Waals surface area contributed by atoms with Gasteiger partial charge in [-0.25, -0.2) is 4.98 Å². The van der Waals surface area contributed by atoms with Crippen molar-refractivity contribution in [1.29, 1.82) is 0 Å². The highest BCUT2D eigenvalue weighted by atomic mass is 16.2. The van der Waals surface area contributed by atoms with Crippen LogP contribution in [0.4, 0.5) is 0 Å². The van der Waals surface area contributed by atoms with Gasteiger partial charge in [-0.15, -0.1) is 0 Å². The van der Waals surface area contributed by atoms with Crippen LogP contribution in [0.5, 0.6) is 0 Å². The Morgan fingerprint density at radius 2 is 2.12 bits per heavy atom. The first kappa shape index (κ1) is 12.7. The number of carbonyl (C=O) groups excluding carboxylic acids is 1. The SMILES string of the molecule is Cc1[nH]cnc1CN(C)[C@@H](C)C(=O)N(C)C. The molecule has 1 heterocycles. The van der Waals surface area contributed by atoms with E-state index >= 15 is 0 Å². The number of H-pyrrole nitrogens is 1. The third-order valence-corrected chi connectivity index (χ3v) is 2.79. The molecule has 1 N–H and O–H groups in total. The zero-order valence-corrected chi connectivity index (χ0v) is 10.6. The largest absolute Gasteiger partial charge is 0.348 e. The second-order valence-electron chi connectivity index (χ2n) is 4.30. The number of hydrogen-bond donors (Lipinski definition) is 1. The predicted octanol–water partition coefficient (Wildman–Crippen LogP) is 0.627. The molecule has 5 nitrogen and oxygen atoms in total. The standard InChI is InChI=1S/C11H20N4O/c1-8-10(13-7-12-8)6-15(5)9(2)11(16)14(3)4/h7,9H,6H2,1-5H3,(H,12,13)/t9-/m0/s1. The van der Waals surface area contributed by atoms with Crippen molar-refractivity contribution in [2.24, 2.45) is 0 Å². The average molecular weight is 224 g/mol. The van der Waals surface area contributed by atoms with Gasteiger partial charge < -0.3 is 9.88 Å². The molecule has 0 fully saturated rings. The Bertz CT molecular complexity index is 359. The number of rotatable bonds is 4. The van der Waals surface area contributed by atoms with Crippen LogP contribution in [0.3, 0.4) is 0 Å². The van der Waals surface area contributed by atoms with E-state index in [1.165, 1.54) is 0 Å². The van der Waals surface area contributed by atoms with E-state index in [1.54, 1.807) is 25.3 Å². The molecule has 1 aromatic rings. The molecule has 5 heteroatoms. The molecule has 1 atom stereocenters. The Morgan fingerprint density at radius 3 is 2.56 bits per heavy atom. The van der Waals surface area contributed by atoms with Crippen LogP contribution in [0.25, 0.3) is 0 Å². The van der Waals surface area contributed by atoms with E-state index in [2.05, 4.69) is 9.97 Å². The minimum Gasteiger partial charge on any atom is -0.348 e. The highest BCUT2D eigenvalue weighted by Gasteiger charge is 2.20. The van der Waals surface area contributed by atoms with Crippen molar-refractivity contribution >= 4 is 5.91 Å². The summed E-state index contributed by atoms with van der Waals surface area (Å²) in [6, 6.07) is -0.133. The van der Waals surface area contributed by atoms with Gasteiger partial charge in [-0.1, -0.05) is 0 Å². The van der Waals surface area contributed by atoms with Gasteiger partial charge in [-0.3, -0.25) is 9.69 Å². The lowest BCUT2D eigenvalue weighted by molar-refractivity contribution is -0.133. The van der Waals surface area contributed by atoms with Crippen LogP contribution in [0, 0.1) is 6.92 Å². The van der Waals surface area contributed by atoms with Gasteiger partial charge in [0.25, 0.3) is 0 Å². The van der Waals surface area contributed by atoms with Crippen LogP contribution in [-0.4, -0.2) is 52.9 Å². The normalized spacial score (nSPS) is 12.9. The minimum atomic E-state index is -0.133. The summed E-state index contributed by atoms with van der Waals surface area (Å²) in [5.41, 5.74) is 2.04. The van der Waals surface area contributed by atoms with Crippen LogP contribution in [0.1, 0.15) is 18.3 Å². The van der Waals surface area contributed by atoms with Crippen molar-refractivity contribution in [3.8, 4) is 0 Å². The first-order valence-corrected chi connectivity index (χ1v) is 5.33. The number of amides is 1. The second-order valence-corrected chi connectivity index (χ2v) is 4.30. The fraction of sp³-hybridized carbons (Fsp3) is 0.636. The first-order valence-electron chi connectivity index (χ1n) is 5.33. The number of nitrogens with zero attached hydrogens (tertiary/aromatic N) is 3. The number of imidazole rings is 1. The summed E-state index contributed by atoms with van der Waals surface area (Å²) in [4.78, 5) is 22.6. The van der Waals surface area contributed by atoms with Crippen molar-refractivity contribution in [3.05, 3.63) is 17.7 Å². The van der Waals surface area contributed by atoms with Crippen LogP contribution in [0.2, 0.25) is 0 Å². The van der Waals surface area contributed by atoms with Crippen LogP contribution >= 0.6 is 0 Å². The van der Waals surface area contributed by atoms with Gasteiger partial charge in [0.2, 0.25) is 5.91 Å². The van der Waals surface area contributed by atoms with Gasteiger partial charge in [-0.2, -0.15) is 0 Å². The molecule has 0 aromatic carbocycles. The zero-order chi connectivity index (χ0) is 12.3. The predicted molar refractivity (Wildman–Crippen MR) is 62.9 cm³/mol. The van der Waals surface area contributed by atoms with Crippen molar-refractivity contribution in [2.45, 2.75) is 26.4 Å². The summed E-state index contributed by atoms with van der Waals surface area (Å²) in [6.07, 6.45) is 1.68. The van der Waals surface area contributed by atoms with Gasteiger partial charge in [-0.05, 0) is 20.9 Å². The number of carbonyl (C=O) groups is 1. The van der Waals surface area contributed by atoms with Crippen molar-refractivity contribution in [2.75, 3.05) is 21.1 Å². The van der Waals surface area contributed by atoms with Crippen LogP contribution < -0.4 is 0 Å².